The minimum Gasteiger partial charge on any atom is -0.356 e. The molecule has 1 aromatic carbocycles. The fourth-order valence-corrected chi connectivity index (χ4v) is 2.95. The van der Waals surface area contributed by atoms with Crippen molar-refractivity contribution in [3.8, 4) is 0 Å². The van der Waals surface area contributed by atoms with Gasteiger partial charge in [0.1, 0.15) is 5.69 Å². The van der Waals surface area contributed by atoms with Crippen LogP contribution in [0.1, 0.15) is 12.6 Å². The summed E-state index contributed by atoms with van der Waals surface area (Å²) in [6.45, 7) is 7.02. The molecule has 0 unspecified atom stereocenters. The number of fused-ring (bicyclic) bond motifs is 1. The van der Waals surface area contributed by atoms with Crippen LogP contribution >= 0.6 is 0 Å². The molecule has 1 saturated heterocycles. The first-order chi connectivity index (χ1) is 11.1. The first-order valence-corrected chi connectivity index (χ1v) is 7.64. The van der Waals surface area contributed by atoms with Crippen LogP contribution in [0.15, 0.2) is 41.4 Å². The molecule has 120 valence electrons. The highest BCUT2D eigenvalue weighted by molar-refractivity contribution is 5.88. The molecule has 0 spiro atoms. The SMILES string of the molecule is C=CC(=O)N1CCN(C(=O)Cc2noc3ccccc23)C[C@H]1C. The molecule has 6 heteroatoms. The minimum absolute atomic E-state index is 0.00149. The Balaban J connectivity index is 1.68. The van der Waals surface area contributed by atoms with E-state index >= 15 is 0 Å². The van der Waals surface area contributed by atoms with E-state index in [0.29, 0.717) is 30.9 Å². The number of benzene rings is 1. The Morgan fingerprint density at radius 3 is 2.91 bits per heavy atom. The topological polar surface area (TPSA) is 66.7 Å². The molecule has 0 aliphatic carbocycles. The van der Waals surface area contributed by atoms with E-state index in [1.807, 2.05) is 31.2 Å². The molecule has 23 heavy (non-hydrogen) atoms. The number of rotatable bonds is 3. The highest BCUT2D eigenvalue weighted by Crippen LogP contribution is 2.19. The predicted molar refractivity (Wildman–Crippen MR) is 85.7 cm³/mol. The predicted octanol–water partition coefficient (Wildman–Crippen LogP) is 1.62. The molecule has 2 heterocycles. The van der Waals surface area contributed by atoms with Gasteiger partial charge >= 0.3 is 0 Å². The first-order valence-electron chi connectivity index (χ1n) is 7.64. The van der Waals surface area contributed by atoms with Gasteiger partial charge in [0.25, 0.3) is 0 Å². The lowest BCUT2D eigenvalue weighted by Gasteiger charge is -2.39. The van der Waals surface area contributed by atoms with E-state index in [0.717, 1.165) is 5.39 Å². The number of hydrogen-bond donors (Lipinski definition) is 0. The van der Waals surface area contributed by atoms with Gasteiger partial charge in [-0.2, -0.15) is 0 Å². The van der Waals surface area contributed by atoms with Crippen molar-refractivity contribution in [3.05, 3.63) is 42.6 Å². The zero-order valence-electron chi connectivity index (χ0n) is 13.1. The number of hydrogen-bond acceptors (Lipinski definition) is 4. The molecule has 1 atom stereocenters. The zero-order chi connectivity index (χ0) is 16.4. The van der Waals surface area contributed by atoms with Crippen LogP contribution in [0.2, 0.25) is 0 Å². The Kier molecular flexibility index (Phi) is 4.14. The normalized spacial score (nSPS) is 18.2. The van der Waals surface area contributed by atoms with E-state index in [2.05, 4.69) is 11.7 Å². The van der Waals surface area contributed by atoms with Crippen molar-refractivity contribution in [3.63, 3.8) is 0 Å². The maximum atomic E-state index is 12.5. The molecule has 1 aliphatic heterocycles. The Labute approximate surface area is 134 Å². The third-order valence-electron chi connectivity index (χ3n) is 4.21. The lowest BCUT2D eigenvalue weighted by molar-refractivity contribution is -0.139. The zero-order valence-corrected chi connectivity index (χ0v) is 13.1. The molecule has 1 fully saturated rings. The van der Waals surface area contributed by atoms with Crippen LogP contribution in [0, 0.1) is 0 Å². The fourth-order valence-electron chi connectivity index (χ4n) is 2.95. The van der Waals surface area contributed by atoms with E-state index in [-0.39, 0.29) is 24.3 Å². The summed E-state index contributed by atoms with van der Waals surface area (Å²) in [6.07, 6.45) is 1.52. The number of para-hydroxylation sites is 1. The van der Waals surface area contributed by atoms with Crippen LogP contribution in [0.4, 0.5) is 0 Å². The van der Waals surface area contributed by atoms with Gasteiger partial charge in [0.15, 0.2) is 5.58 Å². The monoisotopic (exact) mass is 313 g/mol. The Morgan fingerprint density at radius 2 is 2.17 bits per heavy atom. The van der Waals surface area contributed by atoms with Crippen LogP contribution < -0.4 is 0 Å². The van der Waals surface area contributed by atoms with Gasteiger partial charge in [-0.05, 0) is 25.1 Å². The van der Waals surface area contributed by atoms with E-state index in [4.69, 9.17) is 4.52 Å². The van der Waals surface area contributed by atoms with Crippen molar-refractivity contribution in [2.24, 2.45) is 0 Å². The van der Waals surface area contributed by atoms with E-state index in [1.165, 1.54) is 6.08 Å². The third kappa shape index (κ3) is 2.97. The molecule has 0 bridgehead atoms. The number of piperazine rings is 1. The summed E-state index contributed by atoms with van der Waals surface area (Å²) in [5.74, 6) is -0.0892. The van der Waals surface area contributed by atoms with Gasteiger partial charge in [0.2, 0.25) is 11.8 Å². The molecule has 1 aliphatic rings. The van der Waals surface area contributed by atoms with E-state index in [9.17, 15) is 9.59 Å². The van der Waals surface area contributed by atoms with Crippen molar-refractivity contribution in [2.45, 2.75) is 19.4 Å². The standard InChI is InChI=1S/C17H19N3O3/c1-3-16(21)20-9-8-19(11-12(20)2)17(22)10-14-13-6-4-5-7-15(13)23-18-14/h3-7,12H,1,8-11H2,2H3/t12-/m1/s1. The summed E-state index contributed by atoms with van der Waals surface area (Å²) >= 11 is 0. The van der Waals surface area contributed by atoms with Crippen molar-refractivity contribution in [1.82, 2.24) is 15.0 Å². The van der Waals surface area contributed by atoms with Gasteiger partial charge in [-0.15, -0.1) is 0 Å². The van der Waals surface area contributed by atoms with Crippen molar-refractivity contribution in [1.29, 1.82) is 0 Å². The fraction of sp³-hybridized carbons (Fsp3) is 0.353. The van der Waals surface area contributed by atoms with Crippen LogP contribution in [-0.4, -0.2) is 52.4 Å². The molecule has 0 saturated carbocycles. The average Bonchev–Trinajstić information content (AvgIpc) is 2.97. The number of carbonyl (C=O) groups is 2. The number of carbonyl (C=O) groups excluding carboxylic acids is 2. The molecule has 0 N–H and O–H groups in total. The molecule has 3 rings (SSSR count). The molecular weight excluding hydrogens is 294 g/mol. The highest BCUT2D eigenvalue weighted by Gasteiger charge is 2.29. The second-order valence-electron chi connectivity index (χ2n) is 5.73. The highest BCUT2D eigenvalue weighted by atomic mass is 16.5. The molecule has 1 aromatic heterocycles. The van der Waals surface area contributed by atoms with Gasteiger partial charge < -0.3 is 14.3 Å². The van der Waals surface area contributed by atoms with Gasteiger partial charge in [0, 0.05) is 31.1 Å². The van der Waals surface area contributed by atoms with Crippen LogP contribution in [0.3, 0.4) is 0 Å². The van der Waals surface area contributed by atoms with Gasteiger partial charge in [0.05, 0.1) is 6.42 Å². The summed E-state index contributed by atoms with van der Waals surface area (Å²) in [4.78, 5) is 27.8. The maximum absolute atomic E-state index is 12.5. The second kappa shape index (κ2) is 6.24. The number of amides is 2. The lowest BCUT2D eigenvalue weighted by atomic mass is 10.1. The summed E-state index contributed by atoms with van der Waals surface area (Å²) < 4.78 is 5.24. The smallest absolute Gasteiger partial charge is 0.246 e. The van der Waals surface area contributed by atoms with Gasteiger partial charge in [-0.3, -0.25) is 9.59 Å². The van der Waals surface area contributed by atoms with Gasteiger partial charge in [-0.1, -0.05) is 23.9 Å². The lowest BCUT2D eigenvalue weighted by Crippen LogP contribution is -2.55. The molecule has 0 radical (unpaired) electrons. The molecular formula is C17H19N3O3. The van der Waals surface area contributed by atoms with Crippen LogP contribution in [0.25, 0.3) is 11.0 Å². The van der Waals surface area contributed by atoms with E-state index in [1.54, 1.807) is 9.80 Å². The number of nitrogens with zero attached hydrogens (tertiary/aromatic N) is 3. The van der Waals surface area contributed by atoms with Gasteiger partial charge in [-0.25, -0.2) is 0 Å². The van der Waals surface area contributed by atoms with E-state index < -0.39 is 0 Å². The quantitative estimate of drug-likeness (QED) is 0.808. The summed E-state index contributed by atoms with van der Waals surface area (Å²) in [5.41, 5.74) is 1.34. The summed E-state index contributed by atoms with van der Waals surface area (Å²) in [5, 5.41) is 4.88. The Morgan fingerprint density at radius 1 is 1.39 bits per heavy atom. The first kappa shape index (κ1) is 15.3. The Hall–Kier alpha value is -2.63. The Bertz CT molecular complexity index is 752. The molecule has 2 aromatic rings. The molecule has 6 nitrogen and oxygen atoms in total. The maximum Gasteiger partial charge on any atom is 0.246 e. The largest absolute Gasteiger partial charge is 0.356 e. The minimum atomic E-state index is -0.0907. The van der Waals surface area contributed by atoms with Crippen LogP contribution in [0.5, 0.6) is 0 Å². The third-order valence-corrected chi connectivity index (χ3v) is 4.21. The van der Waals surface area contributed by atoms with Crippen molar-refractivity contribution < 1.29 is 14.1 Å². The van der Waals surface area contributed by atoms with Crippen molar-refractivity contribution in [2.75, 3.05) is 19.6 Å². The number of aromatic nitrogens is 1. The van der Waals surface area contributed by atoms with Crippen LogP contribution in [-0.2, 0) is 16.0 Å². The average molecular weight is 313 g/mol. The summed E-state index contributed by atoms with van der Waals surface area (Å²) in [6, 6.07) is 7.48. The second-order valence-corrected chi connectivity index (χ2v) is 5.73. The van der Waals surface area contributed by atoms with Crippen molar-refractivity contribution >= 4 is 22.8 Å². The summed E-state index contributed by atoms with van der Waals surface area (Å²) in [7, 11) is 0. The molecule has 2 amide bonds.